The maximum Gasteiger partial charge on any atom is 0.231 e. The van der Waals surface area contributed by atoms with Crippen molar-refractivity contribution in [1.82, 2.24) is 15.5 Å². The first kappa shape index (κ1) is 21.0. The van der Waals surface area contributed by atoms with Gasteiger partial charge in [-0.2, -0.15) is 0 Å². The predicted molar refractivity (Wildman–Crippen MR) is 118 cm³/mol. The molecule has 6 heteroatoms. The number of benzene rings is 2. The molecule has 1 aliphatic heterocycles. The van der Waals surface area contributed by atoms with Crippen molar-refractivity contribution >= 4 is 5.96 Å². The van der Waals surface area contributed by atoms with E-state index in [0.29, 0.717) is 6.79 Å². The molecule has 0 spiro atoms. The Kier molecular flexibility index (Phi) is 7.76. The summed E-state index contributed by atoms with van der Waals surface area (Å²) < 4.78 is 10.8. The van der Waals surface area contributed by atoms with Gasteiger partial charge in [0.1, 0.15) is 0 Å². The molecule has 6 nitrogen and oxygen atoms in total. The minimum Gasteiger partial charge on any atom is -0.454 e. The molecular formula is C23H32N4O2. The van der Waals surface area contributed by atoms with Gasteiger partial charge in [0.2, 0.25) is 6.79 Å². The van der Waals surface area contributed by atoms with Crippen LogP contribution in [0.2, 0.25) is 0 Å². The summed E-state index contributed by atoms with van der Waals surface area (Å²) in [5.41, 5.74) is 3.87. The molecular weight excluding hydrogens is 364 g/mol. The Morgan fingerprint density at radius 3 is 2.52 bits per heavy atom. The van der Waals surface area contributed by atoms with E-state index in [1.54, 1.807) is 7.05 Å². The highest BCUT2D eigenvalue weighted by Gasteiger charge is 2.13. The molecule has 2 N–H and O–H groups in total. The maximum absolute atomic E-state index is 5.45. The second kappa shape index (κ2) is 10.7. The van der Waals surface area contributed by atoms with Gasteiger partial charge in [0, 0.05) is 26.7 Å². The third-order valence-corrected chi connectivity index (χ3v) is 5.22. The molecule has 156 valence electrons. The van der Waals surface area contributed by atoms with Gasteiger partial charge < -0.3 is 20.1 Å². The number of guanidine groups is 1. The summed E-state index contributed by atoms with van der Waals surface area (Å²) in [6.07, 6.45) is 0.885. The summed E-state index contributed by atoms with van der Waals surface area (Å²) >= 11 is 0. The van der Waals surface area contributed by atoms with Crippen LogP contribution in [0.1, 0.15) is 30.5 Å². The molecule has 2 aromatic rings. The quantitative estimate of drug-likeness (QED) is 0.504. The monoisotopic (exact) mass is 396 g/mol. The summed E-state index contributed by atoms with van der Waals surface area (Å²) in [6.45, 7) is 9.35. The Bertz CT molecular complexity index is 818. The number of hydrogen-bond acceptors (Lipinski definition) is 4. The molecule has 0 saturated carbocycles. The Labute approximate surface area is 173 Å². The van der Waals surface area contributed by atoms with Gasteiger partial charge in [0.25, 0.3) is 0 Å². The van der Waals surface area contributed by atoms with Crippen molar-refractivity contribution in [2.24, 2.45) is 4.99 Å². The second-order valence-electron chi connectivity index (χ2n) is 7.02. The molecule has 0 aliphatic carbocycles. The van der Waals surface area contributed by atoms with Crippen LogP contribution in [0.3, 0.4) is 0 Å². The number of nitrogens with zero attached hydrogens (tertiary/aromatic N) is 2. The van der Waals surface area contributed by atoms with Gasteiger partial charge in [0.15, 0.2) is 17.5 Å². The first-order valence-electron chi connectivity index (χ1n) is 10.4. The van der Waals surface area contributed by atoms with Crippen molar-refractivity contribution in [1.29, 1.82) is 0 Å². The van der Waals surface area contributed by atoms with Crippen molar-refractivity contribution in [2.75, 3.05) is 33.5 Å². The van der Waals surface area contributed by atoms with Crippen molar-refractivity contribution in [3.8, 4) is 11.5 Å². The first-order valence-corrected chi connectivity index (χ1v) is 10.4. The molecule has 0 bridgehead atoms. The molecule has 1 aliphatic rings. The van der Waals surface area contributed by atoms with Gasteiger partial charge in [-0.15, -0.1) is 0 Å². The fourth-order valence-electron chi connectivity index (χ4n) is 3.39. The van der Waals surface area contributed by atoms with E-state index in [4.69, 9.17) is 9.47 Å². The summed E-state index contributed by atoms with van der Waals surface area (Å²) in [5.74, 6) is 2.46. The third kappa shape index (κ3) is 5.87. The third-order valence-electron chi connectivity index (χ3n) is 5.22. The fourth-order valence-corrected chi connectivity index (χ4v) is 3.39. The van der Waals surface area contributed by atoms with Crippen LogP contribution in [0.15, 0.2) is 47.5 Å². The zero-order valence-corrected chi connectivity index (χ0v) is 17.7. The molecule has 1 heterocycles. The van der Waals surface area contributed by atoms with Crippen molar-refractivity contribution < 1.29 is 9.47 Å². The topological polar surface area (TPSA) is 58.1 Å². The Morgan fingerprint density at radius 2 is 1.76 bits per heavy atom. The summed E-state index contributed by atoms with van der Waals surface area (Å²) in [4.78, 5) is 6.78. The summed E-state index contributed by atoms with van der Waals surface area (Å²) in [6, 6.07) is 14.7. The van der Waals surface area contributed by atoms with Crippen LogP contribution in [0.4, 0.5) is 0 Å². The normalized spacial score (nSPS) is 13.0. The molecule has 0 radical (unpaired) electrons. The molecule has 29 heavy (non-hydrogen) atoms. The molecule has 0 fully saturated rings. The van der Waals surface area contributed by atoms with E-state index in [2.05, 4.69) is 64.7 Å². The van der Waals surface area contributed by atoms with Gasteiger partial charge in [-0.05, 0) is 48.3 Å². The Balaban J connectivity index is 1.49. The average Bonchev–Trinajstić information content (AvgIpc) is 3.23. The zero-order valence-electron chi connectivity index (χ0n) is 17.7. The molecule has 0 amide bonds. The number of fused-ring (bicyclic) bond motifs is 1. The number of rotatable bonds is 9. The lowest BCUT2D eigenvalue weighted by Crippen LogP contribution is -2.38. The van der Waals surface area contributed by atoms with E-state index in [1.165, 1.54) is 16.7 Å². The lowest BCUT2D eigenvalue weighted by molar-refractivity contribution is 0.174. The molecule has 0 saturated heterocycles. The standard InChI is InChI=1S/C23H32N4O2/c1-4-27(5-2)16-20-9-7-6-8-19(20)15-26-23(24-3)25-13-12-18-10-11-21-22(14-18)29-17-28-21/h6-11,14H,4-5,12-13,15-17H2,1-3H3,(H2,24,25,26). The minimum atomic E-state index is 0.309. The van der Waals surface area contributed by atoms with Gasteiger partial charge in [0.05, 0.1) is 0 Å². The van der Waals surface area contributed by atoms with Gasteiger partial charge in [-0.3, -0.25) is 9.89 Å². The van der Waals surface area contributed by atoms with E-state index in [0.717, 1.165) is 56.6 Å². The van der Waals surface area contributed by atoms with E-state index >= 15 is 0 Å². The molecule has 2 aromatic carbocycles. The Hall–Kier alpha value is -2.73. The van der Waals surface area contributed by atoms with Gasteiger partial charge in [-0.1, -0.05) is 44.2 Å². The predicted octanol–water partition coefficient (Wildman–Crippen LogP) is 3.16. The number of nitrogens with one attached hydrogen (secondary N) is 2. The van der Waals surface area contributed by atoms with Gasteiger partial charge >= 0.3 is 0 Å². The average molecular weight is 397 g/mol. The van der Waals surface area contributed by atoms with E-state index in [9.17, 15) is 0 Å². The highest BCUT2D eigenvalue weighted by atomic mass is 16.7. The van der Waals surface area contributed by atoms with Crippen LogP contribution in [0.5, 0.6) is 11.5 Å². The van der Waals surface area contributed by atoms with Crippen LogP contribution in [0.25, 0.3) is 0 Å². The largest absolute Gasteiger partial charge is 0.454 e. The molecule has 0 atom stereocenters. The SMILES string of the molecule is CCN(CC)Cc1ccccc1CNC(=NC)NCCc1ccc2c(c1)OCO2. The summed E-state index contributed by atoms with van der Waals surface area (Å²) in [7, 11) is 1.80. The first-order chi connectivity index (χ1) is 14.2. The second-order valence-corrected chi connectivity index (χ2v) is 7.02. The maximum atomic E-state index is 5.45. The molecule has 0 aromatic heterocycles. The fraction of sp³-hybridized carbons (Fsp3) is 0.435. The van der Waals surface area contributed by atoms with Crippen LogP contribution < -0.4 is 20.1 Å². The molecule has 0 unspecified atom stereocenters. The molecule has 3 rings (SSSR count). The zero-order chi connectivity index (χ0) is 20.5. The van der Waals surface area contributed by atoms with Crippen molar-refractivity contribution in [3.63, 3.8) is 0 Å². The number of aliphatic imine (C=N–C) groups is 1. The van der Waals surface area contributed by atoms with Crippen molar-refractivity contribution in [3.05, 3.63) is 59.2 Å². The summed E-state index contributed by atoms with van der Waals surface area (Å²) in [5, 5.41) is 6.83. The van der Waals surface area contributed by atoms with E-state index in [-0.39, 0.29) is 0 Å². The van der Waals surface area contributed by atoms with Crippen LogP contribution >= 0.6 is 0 Å². The number of hydrogen-bond donors (Lipinski definition) is 2. The lowest BCUT2D eigenvalue weighted by Gasteiger charge is -2.20. The Morgan fingerprint density at radius 1 is 1.00 bits per heavy atom. The highest BCUT2D eigenvalue weighted by Crippen LogP contribution is 2.32. The highest BCUT2D eigenvalue weighted by molar-refractivity contribution is 5.79. The van der Waals surface area contributed by atoms with Gasteiger partial charge in [-0.25, -0.2) is 0 Å². The lowest BCUT2D eigenvalue weighted by atomic mass is 10.1. The van der Waals surface area contributed by atoms with E-state index < -0.39 is 0 Å². The van der Waals surface area contributed by atoms with Crippen LogP contribution in [-0.4, -0.2) is 44.3 Å². The van der Waals surface area contributed by atoms with Crippen molar-refractivity contribution in [2.45, 2.75) is 33.4 Å². The van der Waals surface area contributed by atoms with E-state index in [1.807, 2.05) is 12.1 Å². The number of ether oxygens (including phenoxy) is 2. The van der Waals surface area contributed by atoms with Crippen LogP contribution in [-0.2, 0) is 19.5 Å². The smallest absolute Gasteiger partial charge is 0.231 e. The van der Waals surface area contributed by atoms with Crippen LogP contribution in [0, 0.1) is 0 Å². The minimum absolute atomic E-state index is 0.309.